The molecule has 0 amide bonds. The van der Waals surface area contributed by atoms with Crippen LogP contribution in [0, 0.1) is 5.92 Å². The molecule has 0 rings (SSSR count). The van der Waals surface area contributed by atoms with E-state index in [1.165, 1.54) is 12.7 Å². The van der Waals surface area contributed by atoms with Crippen molar-refractivity contribution in [2.75, 3.05) is 33.3 Å². The van der Waals surface area contributed by atoms with Crippen LogP contribution in [0.15, 0.2) is 36.5 Å². The largest absolute Gasteiger partial charge is 0.469 e. The topological polar surface area (TPSA) is 41.6 Å². The van der Waals surface area contributed by atoms with E-state index in [0.717, 1.165) is 51.9 Å². The van der Waals surface area contributed by atoms with Gasteiger partial charge in [0.05, 0.1) is 13.0 Å². The molecule has 0 spiro atoms. The zero-order chi connectivity index (χ0) is 19.8. The molecule has 0 aromatic heterocycles. The van der Waals surface area contributed by atoms with Crippen LogP contribution in [-0.2, 0) is 9.53 Å². The van der Waals surface area contributed by atoms with Crippen molar-refractivity contribution in [3.8, 4) is 0 Å². The Morgan fingerprint density at radius 3 is 2.58 bits per heavy atom. The second-order valence-corrected chi connectivity index (χ2v) is 6.65. The molecule has 1 unspecified atom stereocenters. The lowest BCUT2D eigenvalue weighted by molar-refractivity contribution is -0.145. The number of hydrogen-bond acceptors (Lipinski definition) is 4. The molecule has 150 valence electrons. The van der Waals surface area contributed by atoms with Crippen LogP contribution in [0.2, 0.25) is 0 Å². The fourth-order valence-electron chi connectivity index (χ4n) is 2.83. The third-order valence-electron chi connectivity index (χ3n) is 4.57. The van der Waals surface area contributed by atoms with Gasteiger partial charge in [-0.25, -0.2) is 0 Å². The maximum absolute atomic E-state index is 11.6. The number of ether oxygens (including phenoxy) is 1. The second-order valence-electron chi connectivity index (χ2n) is 6.65. The molecule has 0 radical (unpaired) electrons. The number of methoxy groups -OCH3 is 1. The van der Waals surface area contributed by atoms with Gasteiger partial charge in [-0.15, -0.1) is 0 Å². The van der Waals surface area contributed by atoms with Gasteiger partial charge in [-0.05, 0) is 57.8 Å². The van der Waals surface area contributed by atoms with E-state index in [0.29, 0.717) is 6.04 Å². The highest BCUT2D eigenvalue weighted by Crippen LogP contribution is 2.11. The number of nitrogens with one attached hydrogen (secondary N) is 1. The van der Waals surface area contributed by atoms with Crippen molar-refractivity contribution in [3.63, 3.8) is 0 Å². The number of rotatable bonds is 15. The lowest BCUT2D eigenvalue weighted by Crippen LogP contribution is -2.31. The predicted molar refractivity (Wildman–Crippen MR) is 112 cm³/mol. The summed E-state index contributed by atoms with van der Waals surface area (Å²) < 4.78 is 4.82. The number of carbonyl (C=O) groups is 1. The molecule has 0 bridgehead atoms. The monoisotopic (exact) mass is 364 g/mol. The molecule has 0 aromatic rings. The first-order valence-electron chi connectivity index (χ1n) is 10.0. The Balaban J connectivity index is 4.10. The summed E-state index contributed by atoms with van der Waals surface area (Å²) >= 11 is 0. The zero-order valence-corrected chi connectivity index (χ0v) is 17.6. The molecule has 2 atom stereocenters. The minimum Gasteiger partial charge on any atom is -0.469 e. The van der Waals surface area contributed by atoms with Gasteiger partial charge in [0.1, 0.15) is 0 Å². The van der Waals surface area contributed by atoms with Gasteiger partial charge in [-0.3, -0.25) is 9.69 Å². The highest BCUT2D eigenvalue weighted by Gasteiger charge is 2.14. The molecule has 0 saturated heterocycles. The van der Waals surface area contributed by atoms with Crippen molar-refractivity contribution in [2.45, 2.75) is 59.4 Å². The normalized spacial score (nSPS) is 14.6. The van der Waals surface area contributed by atoms with Crippen LogP contribution < -0.4 is 5.32 Å². The number of nitrogens with zero attached hydrogens (tertiary/aromatic N) is 1. The van der Waals surface area contributed by atoms with E-state index in [1.54, 1.807) is 0 Å². The first-order valence-corrected chi connectivity index (χ1v) is 10.0. The standard InChI is InChI=1S/C22H40N2O2/c1-7-13-20(8-2)18-24(10-4)17-12-16-23-19(5)14-11-15-21(9-3)22(25)26-6/h8,11,13-14,19,21,23H,2,7,9-10,12,15-18H2,1,3-6H3/b14-11+,20-13+/t19?,21-/m0/s1. The summed E-state index contributed by atoms with van der Waals surface area (Å²) in [6.45, 7) is 16.5. The molecule has 0 aliphatic rings. The van der Waals surface area contributed by atoms with Gasteiger partial charge < -0.3 is 10.1 Å². The van der Waals surface area contributed by atoms with E-state index >= 15 is 0 Å². The summed E-state index contributed by atoms with van der Waals surface area (Å²) in [5.74, 6) is -0.148. The quantitative estimate of drug-likeness (QED) is 0.203. The molecule has 0 aromatic carbocycles. The van der Waals surface area contributed by atoms with Crippen molar-refractivity contribution in [2.24, 2.45) is 5.92 Å². The third kappa shape index (κ3) is 11.3. The van der Waals surface area contributed by atoms with Crippen LogP contribution in [-0.4, -0.2) is 50.2 Å². The van der Waals surface area contributed by atoms with Crippen molar-refractivity contribution in [1.82, 2.24) is 10.2 Å². The fraction of sp³-hybridized carbons (Fsp3) is 0.682. The average Bonchev–Trinajstić information content (AvgIpc) is 2.66. The molecule has 0 heterocycles. The number of likely N-dealkylation sites (N-methyl/N-ethyl adjacent to an activating group) is 1. The van der Waals surface area contributed by atoms with Gasteiger partial charge in [0.25, 0.3) is 0 Å². The molecule has 0 aliphatic heterocycles. The second kappa shape index (κ2) is 15.8. The van der Waals surface area contributed by atoms with Crippen LogP contribution in [0.5, 0.6) is 0 Å². The van der Waals surface area contributed by atoms with Gasteiger partial charge in [0.2, 0.25) is 0 Å². The average molecular weight is 365 g/mol. The predicted octanol–water partition coefficient (Wildman–Crippen LogP) is 4.34. The Morgan fingerprint density at radius 2 is 2.04 bits per heavy atom. The van der Waals surface area contributed by atoms with Gasteiger partial charge in [0, 0.05) is 12.6 Å². The maximum Gasteiger partial charge on any atom is 0.308 e. The first-order chi connectivity index (χ1) is 12.5. The number of carbonyl (C=O) groups excluding carboxylic acids is 1. The highest BCUT2D eigenvalue weighted by atomic mass is 16.5. The molecule has 4 nitrogen and oxygen atoms in total. The summed E-state index contributed by atoms with van der Waals surface area (Å²) in [4.78, 5) is 14.0. The number of allylic oxidation sites excluding steroid dienone is 2. The Bertz CT molecular complexity index is 443. The lowest BCUT2D eigenvalue weighted by atomic mass is 10.0. The Kier molecular flexibility index (Phi) is 15.0. The molecule has 26 heavy (non-hydrogen) atoms. The van der Waals surface area contributed by atoms with Crippen molar-refractivity contribution in [3.05, 3.63) is 36.5 Å². The Labute approximate surface area is 161 Å². The SMILES string of the molecule is C=C/C(=C\CC)CN(CC)CCCNC(C)/C=C/C[C@H](CC)C(=O)OC. The minimum absolute atomic E-state index is 0.0307. The van der Waals surface area contributed by atoms with Gasteiger partial charge in [-0.1, -0.05) is 51.7 Å². The van der Waals surface area contributed by atoms with E-state index < -0.39 is 0 Å². The van der Waals surface area contributed by atoms with Gasteiger partial charge in [-0.2, -0.15) is 0 Å². The van der Waals surface area contributed by atoms with Crippen molar-refractivity contribution >= 4 is 5.97 Å². The lowest BCUT2D eigenvalue weighted by Gasteiger charge is -2.21. The Hall–Kier alpha value is -1.39. The van der Waals surface area contributed by atoms with Gasteiger partial charge >= 0.3 is 5.97 Å². The molecule has 0 aliphatic carbocycles. The Morgan fingerprint density at radius 1 is 1.31 bits per heavy atom. The van der Waals surface area contributed by atoms with Crippen LogP contribution in [0.1, 0.15) is 53.4 Å². The highest BCUT2D eigenvalue weighted by molar-refractivity contribution is 5.72. The molecular formula is C22H40N2O2. The molecule has 0 fully saturated rings. The molecule has 0 saturated carbocycles. The smallest absolute Gasteiger partial charge is 0.308 e. The zero-order valence-electron chi connectivity index (χ0n) is 17.6. The minimum atomic E-state index is -0.117. The summed E-state index contributed by atoms with van der Waals surface area (Å²) in [5.41, 5.74) is 1.31. The van der Waals surface area contributed by atoms with Crippen molar-refractivity contribution in [1.29, 1.82) is 0 Å². The van der Waals surface area contributed by atoms with E-state index in [-0.39, 0.29) is 11.9 Å². The van der Waals surface area contributed by atoms with E-state index in [9.17, 15) is 4.79 Å². The van der Waals surface area contributed by atoms with Crippen LogP contribution in [0.25, 0.3) is 0 Å². The summed E-state index contributed by atoms with van der Waals surface area (Å²) in [7, 11) is 1.45. The van der Waals surface area contributed by atoms with Crippen LogP contribution in [0.3, 0.4) is 0 Å². The van der Waals surface area contributed by atoms with Crippen LogP contribution >= 0.6 is 0 Å². The van der Waals surface area contributed by atoms with Crippen molar-refractivity contribution < 1.29 is 9.53 Å². The summed E-state index contributed by atoms with van der Waals surface area (Å²) in [5, 5.41) is 3.53. The maximum atomic E-state index is 11.6. The molecule has 1 N–H and O–H groups in total. The van der Waals surface area contributed by atoms with E-state index in [4.69, 9.17) is 4.74 Å². The first kappa shape index (κ1) is 24.6. The fourth-order valence-corrected chi connectivity index (χ4v) is 2.83. The molecule has 4 heteroatoms. The van der Waals surface area contributed by atoms with Crippen LogP contribution in [0.4, 0.5) is 0 Å². The number of hydrogen-bond donors (Lipinski definition) is 1. The molecular weight excluding hydrogens is 324 g/mol. The van der Waals surface area contributed by atoms with E-state index in [2.05, 4.69) is 55.8 Å². The van der Waals surface area contributed by atoms with Gasteiger partial charge in [0.15, 0.2) is 0 Å². The summed E-state index contributed by atoms with van der Waals surface area (Å²) in [6, 6.07) is 0.309. The third-order valence-corrected chi connectivity index (χ3v) is 4.57. The summed E-state index contributed by atoms with van der Waals surface area (Å²) in [6.07, 6.45) is 12.2. The van der Waals surface area contributed by atoms with E-state index in [1.807, 2.05) is 13.0 Å². The number of esters is 1.